The average Bonchev–Trinajstić information content (AvgIpc) is 2.37. The average molecular weight is 280 g/mol. The first-order valence-electron chi connectivity index (χ1n) is 6.38. The van der Waals surface area contributed by atoms with Crippen molar-refractivity contribution < 1.29 is 14.7 Å². The number of amides is 1. The number of carbonyl (C=O) groups is 2. The van der Waals surface area contributed by atoms with Gasteiger partial charge < -0.3 is 16.2 Å². The fraction of sp³-hybridized carbons (Fsp3) is 0.538. The molecule has 0 aliphatic rings. The lowest BCUT2D eigenvalue weighted by Crippen LogP contribution is -2.21. The summed E-state index contributed by atoms with van der Waals surface area (Å²) in [5.41, 5.74) is 5.20. The topological polar surface area (TPSA) is 118 Å². The highest BCUT2D eigenvalue weighted by atomic mass is 16.4. The molecule has 0 saturated carbocycles. The third kappa shape index (κ3) is 5.21. The van der Waals surface area contributed by atoms with E-state index in [4.69, 9.17) is 10.8 Å². The molecule has 1 aromatic rings. The maximum atomic E-state index is 11.2. The molecule has 0 aliphatic carbocycles. The normalized spacial score (nSPS) is 11.1. The number of aromatic nitrogens is 2. The van der Waals surface area contributed by atoms with Gasteiger partial charge in [0.05, 0.1) is 0 Å². The summed E-state index contributed by atoms with van der Waals surface area (Å²) < 4.78 is 0. The molecule has 0 saturated heterocycles. The number of anilines is 1. The second-order valence-electron chi connectivity index (χ2n) is 5.35. The Bertz CT molecular complexity index is 488. The number of carboxylic acids is 1. The van der Waals surface area contributed by atoms with Gasteiger partial charge in [-0.25, -0.2) is 9.97 Å². The highest BCUT2D eigenvalue weighted by molar-refractivity contribution is 5.95. The highest BCUT2D eigenvalue weighted by Gasteiger charge is 2.19. The van der Waals surface area contributed by atoms with Gasteiger partial charge in [-0.2, -0.15) is 0 Å². The van der Waals surface area contributed by atoms with E-state index in [1.165, 1.54) is 12.4 Å². The van der Waals surface area contributed by atoms with Crippen LogP contribution in [-0.2, 0) is 4.79 Å². The van der Waals surface area contributed by atoms with Crippen LogP contribution in [0.4, 0.5) is 5.82 Å². The molecule has 7 heteroatoms. The van der Waals surface area contributed by atoms with Crippen molar-refractivity contribution in [3.63, 3.8) is 0 Å². The molecule has 7 nitrogen and oxygen atoms in total. The van der Waals surface area contributed by atoms with E-state index in [1.54, 1.807) is 0 Å². The Hall–Kier alpha value is -2.18. The molecule has 0 fully saturated rings. The van der Waals surface area contributed by atoms with E-state index in [0.717, 1.165) is 6.42 Å². The second kappa shape index (κ2) is 6.83. The number of primary amides is 1. The molecule has 110 valence electrons. The van der Waals surface area contributed by atoms with E-state index >= 15 is 0 Å². The van der Waals surface area contributed by atoms with Gasteiger partial charge in [0.1, 0.15) is 0 Å². The van der Waals surface area contributed by atoms with Crippen LogP contribution in [0.25, 0.3) is 0 Å². The molecule has 1 aromatic heterocycles. The fourth-order valence-corrected chi connectivity index (χ4v) is 1.74. The minimum atomic E-state index is -0.795. The van der Waals surface area contributed by atoms with Crippen LogP contribution in [0.1, 0.15) is 43.6 Å². The molecule has 0 unspecified atom stereocenters. The maximum Gasteiger partial charge on any atom is 0.303 e. The molecule has 1 heterocycles. The lowest BCUT2D eigenvalue weighted by molar-refractivity contribution is -0.137. The summed E-state index contributed by atoms with van der Waals surface area (Å²) in [6.07, 6.45) is 4.36. The minimum Gasteiger partial charge on any atom is -0.481 e. The third-order valence-corrected chi connectivity index (χ3v) is 3.04. The number of aliphatic carboxylic acids is 1. The van der Waals surface area contributed by atoms with Gasteiger partial charge in [-0.15, -0.1) is 0 Å². The van der Waals surface area contributed by atoms with Gasteiger partial charge in [0.15, 0.2) is 11.5 Å². The van der Waals surface area contributed by atoms with Crippen molar-refractivity contribution in [1.82, 2.24) is 9.97 Å². The van der Waals surface area contributed by atoms with E-state index in [-0.39, 0.29) is 17.5 Å². The molecule has 0 aromatic carbocycles. The smallest absolute Gasteiger partial charge is 0.303 e. The number of rotatable bonds is 8. The Kier molecular flexibility index (Phi) is 5.42. The zero-order chi connectivity index (χ0) is 15.2. The first-order chi connectivity index (χ1) is 9.32. The van der Waals surface area contributed by atoms with Crippen LogP contribution in [-0.4, -0.2) is 33.5 Å². The highest BCUT2D eigenvalue weighted by Crippen LogP contribution is 2.26. The summed E-state index contributed by atoms with van der Waals surface area (Å²) in [5.74, 6) is -1.07. The summed E-state index contributed by atoms with van der Waals surface area (Å²) in [5, 5.41) is 11.7. The molecule has 0 atom stereocenters. The number of carboxylic acid groups (broad SMARTS) is 1. The Morgan fingerprint density at radius 3 is 2.55 bits per heavy atom. The lowest BCUT2D eigenvalue weighted by atomic mass is 9.84. The molecule has 0 spiro atoms. The summed E-state index contributed by atoms with van der Waals surface area (Å²) in [6, 6.07) is 0. The summed E-state index contributed by atoms with van der Waals surface area (Å²) >= 11 is 0. The maximum absolute atomic E-state index is 11.2. The van der Waals surface area contributed by atoms with Crippen molar-refractivity contribution in [1.29, 1.82) is 0 Å². The van der Waals surface area contributed by atoms with Crippen molar-refractivity contribution in [3.05, 3.63) is 18.1 Å². The number of nitrogens with one attached hydrogen (secondary N) is 1. The van der Waals surface area contributed by atoms with E-state index in [0.29, 0.717) is 18.8 Å². The first kappa shape index (κ1) is 15.9. The largest absolute Gasteiger partial charge is 0.481 e. The Labute approximate surface area is 117 Å². The van der Waals surface area contributed by atoms with Crippen LogP contribution in [0.3, 0.4) is 0 Å². The number of nitrogens with two attached hydrogens (primary N) is 1. The standard InChI is InChI=1S/C13H20N4O3/c1-13(2,4-3-9(18)19)5-6-16-12-10(11(14)20)15-7-8-17-12/h7-8H,3-6H2,1-2H3,(H2,14,20)(H,16,17)(H,18,19). The van der Waals surface area contributed by atoms with Crippen LogP contribution in [0.15, 0.2) is 12.4 Å². The van der Waals surface area contributed by atoms with Crippen molar-refractivity contribution in [2.75, 3.05) is 11.9 Å². The number of hydrogen-bond donors (Lipinski definition) is 3. The van der Waals surface area contributed by atoms with Gasteiger partial charge in [-0.1, -0.05) is 13.8 Å². The van der Waals surface area contributed by atoms with Crippen molar-refractivity contribution >= 4 is 17.7 Å². The van der Waals surface area contributed by atoms with Gasteiger partial charge in [-0.3, -0.25) is 9.59 Å². The summed E-state index contributed by atoms with van der Waals surface area (Å²) in [4.78, 5) is 29.7. The zero-order valence-corrected chi connectivity index (χ0v) is 11.7. The Morgan fingerprint density at radius 2 is 1.95 bits per heavy atom. The van der Waals surface area contributed by atoms with Gasteiger partial charge in [0.2, 0.25) is 0 Å². The Balaban J connectivity index is 2.52. The number of hydrogen-bond acceptors (Lipinski definition) is 5. The molecular weight excluding hydrogens is 260 g/mol. The predicted molar refractivity (Wildman–Crippen MR) is 74.3 cm³/mol. The minimum absolute atomic E-state index is 0.107. The van der Waals surface area contributed by atoms with Crippen LogP contribution in [0.5, 0.6) is 0 Å². The molecule has 0 radical (unpaired) electrons. The molecule has 0 bridgehead atoms. The number of nitrogens with zero attached hydrogens (tertiary/aromatic N) is 2. The van der Waals surface area contributed by atoms with Crippen LogP contribution in [0, 0.1) is 5.41 Å². The van der Waals surface area contributed by atoms with Crippen LogP contribution in [0.2, 0.25) is 0 Å². The van der Waals surface area contributed by atoms with E-state index < -0.39 is 11.9 Å². The SMILES string of the molecule is CC(C)(CCNc1nccnc1C(N)=O)CCC(=O)O. The summed E-state index contributed by atoms with van der Waals surface area (Å²) in [6.45, 7) is 4.57. The zero-order valence-electron chi connectivity index (χ0n) is 11.7. The third-order valence-electron chi connectivity index (χ3n) is 3.04. The molecular formula is C13H20N4O3. The lowest BCUT2D eigenvalue weighted by Gasteiger charge is -2.24. The molecule has 0 aliphatic heterocycles. The predicted octanol–water partition coefficient (Wildman–Crippen LogP) is 1.27. The first-order valence-corrected chi connectivity index (χ1v) is 6.38. The van der Waals surface area contributed by atoms with Gasteiger partial charge in [0.25, 0.3) is 5.91 Å². The van der Waals surface area contributed by atoms with E-state index in [1.807, 2.05) is 13.8 Å². The molecule has 1 rings (SSSR count). The van der Waals surface area contributed by atoms with Gasteiger partial charge in [0, 0.05) is 25.4 Å². The quantitative estimate of drug-likeness (QED) is 0.660. The van der Waals surface area contributed by atoms with Gasteiger partial charge >= 0.3 is 5.97 Å². The van der Waals surface area contributed by atoms with Gasteiger partial charge in [-0.05, 0) is 18.3 Å². The van der Waals surface area contributed by atoms with Crippen LogP contribution < -0.4 is 11.1 Å². The van der Waals surface area contributed by atoms with Crippen molar-refractivity contribution in [2.45, 2.75) is 33.1 Å². The van der Waals surface area contributed by atoms with E-state index in [2.05, 4.69) is 15.3 Å². The van der Waals surface area contributed by atoms with Crippen LogP contribution >= 0.6 is 0 Å². The molecule has 4 N–H and O–H groups in total. The molecule has 20 heavy (non-hydrogen) atoms. The molecule has 1 amide bonds. The fourth-order valence-electron chi connectivity index (χ4n) is 1.74. The number of carbonyl (C=O) groups excluding carboxylic acids is 1. The second-order valence-corrected chi connectivity index (χ2v) is 5.35. The van der Waals surface area contributed by atoms with Crippen molar-refractivity contribution in [3.8, 4) is 0 Å². The monoisotopic (exact) mass is 280 g/mol. The summed E-state index contributed by atoms with van der Waals surface area (Å²) in [7, 11) is 0. The van der Waals surface area contributed by atoms with E-state index in [9.17, 15) is 9.59 Å². The van der Waals surface area contributed by atoms with Crippen molar-refractivity contribution in [2.24, 2.45) is 11.1 Å². The Morgan fingerprint density at radius 1 is 1.30 bits per heavy atom.